The van der Waals surface area contributed by atoms with Crippen molar-refractivity contribution >= 4 is 33.3 Å². The Balaban J connectivity index is 2.74. The van der Waals surface area contributed by atoms with E-state index < -0.39 is 44.4 Å². The number of carbonyl (C=O) groups excluding carboxylic acids is 2. The quantitative estimate of drug-likeness (QED) is 0.253. The van der Waals surface area contributed by atoms with E-state index in [1.54, 1.807) is 0 Å². The number of anilines is 1. The highest BCUT2D eigenvalue weighted by Crippen LogP contribution is 2.43. The van der Waals surface area contributed by atoms with Gasteiger partial charge in [0.15, 0.2) is 5.75 Å². The molecule has 0 N–H and O–H groups in total. The van der Waals surface area contributed by atoms with Gasteiger partial charge in [0.2, 0.25) is 0 Å². The number of alkyl halides is 3. The summed E-state index contributed by atoms with van der Waals surface area (Å²) in [6.45, 7) is 0. The van der Waals surface area contributed by atoms with Gasteiger partial charge in [-0.2, -0.15) is 21.6 Å². The van der Waals surface area contributed by atoms with Crippen molar-refractivity contribution in [3.63, 3.8) is 0 Å². The Morgan fingerprint density at radius 1 is 1.27 bits per heavy atom. The van der Waals surface area contributed by atoms with Crippen LogP contribution in [0, 0.1) is 5.82 Å². The van der Waals surface area contributed by atoms with E-state index in [0.717, 1.165) is 31.2 Å². The molecular formula is C14H9F4NO6S. The number of benzene rings is 1. The number of ether oxygens (including phenoxy) is 1. The van der Waals surface area contributed by atoms with Crippen LogP contribution in [0.3, 0.4) is 0 Å². The zero-order chi connectivity index (χ0) is 19.9. The molecule has 0 aliphatic carbocycles. The Kier molecular flexibility index (Phi) is 4.84. The molecule has 1 aromatic carbocycles. The molecule has 0 radical (unpaired) electrons. The van der Waals surface area contributed by atoms with Crippen LogP contribution in [0.25, 0.3) is 5.57 Å². The number of fused-ring (bicyclic) bond motifs is 1. The van der Waals surface area contributed by atoms with Gasteiger partial charge in [0.1, 0.15) is 17.5 Å². The van der Waals surface area contributed by atoms with Crippen LogP contribution >= 0.6 is 0 Å². The number of esters is 1. The number of nitrogens with zero attached hydrogens (tertiary/aromatic N) is 1. The minimum absolute atomic E-state index is 0.317. The van der Waals surface area contributed by atoms with E-state index in [2.05, 4.69) is 8.92 Å². The topological polar surface area (TPSA) is 90.0 Å². The first-order chi connectivity index (χ1) is 11.9. The molecule has 1 heterocycles. The minimum atomic E-state index is -6.13. The molecule has 140 valence electrons. The number of likely N-dealkylation sites (N-methyl/N-ethyl adjacent to an activating group) is 1. The van der Waals surface area contributed by atoms with Gasteiger partial charge in [-0.25, -0.2) is 14.0 Å². The molecular weight excluding hydrogens is 386 g/mol. The summed E-state index contributed by atoms with van der Waals surface area (Å²) in [7, 11) is -3.96. The fourth-order valence-corrected chi connectivity index (χ4v) is 2.63. The molecule has 0 bridgehead atoms. The zero-order valence-electron chi connectivity index (χ0n) is 13.0. The summed E-state index contributed by atoms with van der Waals surface area (Å²) >= 11 is 0. The molecule has 7 nitrogen and oxygen atoms in total. The molecule has 0 unspecified atom stereocenters. The lowest BCUT2D eigenvalue weighted by atomic mass is 9.98. The number of carbonyl (C=O) groups is 1. The van der Waals surface area contributed by atoms with Gasteiger partial charge in [0.25, 0.3) is 0 Å². The Morgan fingerprint density at radius 3 is 2.38 bits per heavy atom. The monoisotopic (exact) mass is 395 g/mol. The van der Waals surface area contributed by atoms with Crippen LogP contribution in [-0.4, -0.2) is 40.0 Å². The van der Waals surface area contributed by atoms with Crippen molar-refractivity contribution in [3.05, 3.63) is 35.3 Å². The average Bonchev–Trinajstić information content (AvgIpc) is 2.52. The lowest BCUT2D eigenvalue weighted by molar-refractivity contribution is -0.136. The Hall–Kier alpha value is -2.85. The van der Waals surface area contributed by atoms with Crippen LogP contribution in [0.15, 0.2) is 23.9 Å². The van der Waals surface area contributed by atoms with Crippen molar-refractivity contribution < 1.29 is 44.5 Å². The number of allylic oxidation sites excluding steroid dienone is 2. The highest BCUT2D eigenvalue weighted by molar-refractivity contribution is 7.88. The second-order valence-electron chi connectivity index (χ2n) is 4.88. The first kappa shape index (κ1) is 19.5. The molecule has 26 heavy (non-hydrogen) atoms. The Labute approximate surface area is 144 Å². The summed E-state index contributed by atoms with van der Waals surface area (Å²) in [6.07, 6.45) is 0.961. The van der Waals surface area contributed by atoms with Crippen molar-refractivity contribution in [3.8, 4) is 5.75 Å². The van der Waals surface area contributed by atoms with Crippen molar-refractivity contribution in [2.75, 3.05) is 19.1 Å². The predicted molar refractivity (Wildman–Crippen MR) is 79.6 cm³/mol. The maximum Gasteiger partial charge on any atom is 0.534 e. The third kappa shape index (κ3) is 3.28. The van der Waals surface area contributed by atoms with Crippen molar-refractivity contribution in [1.82, 2.24) is 0 Å². The first-order valence-corrected chi connectivity index (χ1v) is 7.97. The van der Waals surface area contributed by atoms with Crippen LogP contribution in [0.2, 0.25) is 0 Å². The van der Waals surface area contributed by atoms with Gasteiger partial charge < -0.3 is 13.8 Å². The average molecular weight is 395 g/mol. The highest BCUT2D eigenvalue weighted by Gasteiger charge is 2.49. The molecule has 0 aromatic heterocycles. The molecule has 1 aliphatic heterocycles. The molecule has 2 rings (SSSR count). The molecule has 0 saturated heterocycles. The van der Waals surface area contributed by atoms with Crippen LogP contribution in [0.5, 0.6) is 5.75 Å². The Bertz CT molecular complexity index is 960. The standard InChI is InChI=1S/C14H9F4NO6S/c1-19-10(13(21)24-2)3-7(6-20)9-4-8(15)5-11(12(9)19)25-26(22,23)14(16,17)18/h3-5H,1-2H3. The summed E-state index contributed by atoms with van der Waals surface area (Å²) < 4.78 is 82.5. The van der Waals surface area contributed by atoms with E-state index in [-0.39, 0.29) is 11.3 Å². The summed E-state index contributed by atoms with van der Waals surface area (Å²) in [4.78, 5) is 23.8. The molecule has 12 heteroatoms. The molecule has 0 atom stereocenters. The zero-order valence-corrected chi connectivity index (χ0v) is 13.9. The summed E-state index contributed by atoms with van der Waals surface area (Å²) in [5.74, 6) is -1.83. The molecule has 0 saturated carbocycles. The molecule has 0 spiro atoms. The second-order valence-corrected chi connectivity index (χ2v) is 6.42. The van der Waals surface area contributed by atoms with Crippen LogP contribution < -0.4 is 9.08 Å². The Morgan fingerprint density at radius 2 is 1.88 bits per heavy atom. The fourth-order valence-electron chi connectivity index (χ4n) is 2.17. The van der Waals surface area contributed by atoms with Crippen LogP contribution in [0.4, 0.5) is 23.2 Å². The van der Waals surface area contributed by atoms with Gasteiger partial charge in [0, 0.05) is 18.7 Å². The van der Waals surface area contributed by atoms with E-state index in [1.165, 1.54) is 5.94 Å². The van der Waals surface area contributed by atoms with E-state index in [1.807, 2.05) is 0 Å². The SMILES string of the molecule is COC(=O)C1=CC(=C=O)c2cc(F)cc(OS(=O)(=O)C(F)(F)F)c2N1C. The largest absolute Gasteiger partial charge is 0.534 e. The third-order valence-electron chi connectivity index (χ3n) is 3.30. The van der Waals surface area contributed by atoms with Crippen LogP contribution in [-0.2, 0) is 24.4 Å². The lowest BCUT2D eigenvalue weighted by Gasteiger charge is -2.29. The van der Waals surface area contributed by atoms with Gasteiger partial charge >= 0.3 is 21.6 Å². The predicted octanol–water partition coefficient (Wildman–Crippen LogP) is 1.78. The highest BCUT2D eigenvalue weighted by atomic mass is 32.2. The van der Waals surface area contributed by atoms with Gasteiger partial charge in [-0.1, -0.05) is 0 Å². The van der Waals surface area contributed by atoms with Gasteiger partial charge in [-0.3, -0.25) is 0 Å². The number of hydrogen-bond acceptors (Lipinski definition) is 7. The number of rotatable bonds is 3. The van der Waals surface area contributed by atoms with Gasteiger partial charge in [-0.15, -0.1) is 0 Å². The fraction of sp³-hybridized carbons (Fsp3) is 0.214. The molecule has 0 amide bonds. The lowest BCUT2D eigenvalue weighted by Crippen LogP contribution is -2.31. The smallest absolute Gasteiger partial charge is 0.464 e. The number of hydrogen-bond donors (Lipinski definition) is 0. The van der Waals surface area contributed by atoms with Gasteiger partial charge in [0.05, 0.1) is 18.4 Å². The minimum Gasteiger partial charge on any atom is -0.464 e. The number of halogens is 4. The van der Waals surface area contributed by atoms with Crippen LogP contribution in [0.1, 0.15) is 5.56 Å². The van der Waals surface area contributed by atoms with Gasteiger partial charge in [-0.05, 0) is 12.1 Å². The molecule has 1 aromatic rings. The first-order valence-electron chi connectivity index (χ1n) is 6.56. The molecule has 1 aliphatic rings. The maximum atomic E-state index is 13.8. The summed E-state index contributed by atoms with van der Waals surface area (Å²) in [5.41, 5.74) is -7.29. The van der Waals surface area contributed by atoms with E-state index in [4.69, 9.17) is 0 Å². The third-order valence-corrected chi connectivity index (χ3v) is 4.26. The van der Waals surface area contributed by atoms with E-state index >= 15 is 0 Å². The number of methoxy groups -OCH3 is 1. The van der Waals surface area contributed by atoms with Crippen molar-refractivity contribution in [1.29, 1.82) is 0 Å². The molecule has 0 fully saturated rings. The maximum absolute atomic E-state index is 13.8. The normalized spacial score (nSPS) is 14.3. The van der Waals surface area contributed by atoms with E-state index in [9.17, 15) is 35.6 Å². The van der Waals surface area contributed by atoms with Crippen molar-refractivity contribution in [2.24, 2.45) is 0 Å². The summed E-state index contributed by atoms with van der Waals surface area (Å²) in [6, 6.07) is 1.13. The second kappa shape index (κ2) is 6.46. The van der Waals surface area contributed by atoms with E-state index in [0.29, 0.717) is 6.07 Å². The van der Waals surface area contributed by atoms with Crippen molar-refractivity contribution in [2.45, 2.75) is 5.51 Å². The summed E-state index contributed by atoms with van der Waals surface area (Å²) in [5, 5.41) is 0.